The molecule has 0 amide bonds. The van der Waals surface area contributed by atoms with Gasteiger partial charge in [0.15, 0.2) is 0 Å². The maximum atomic E-state index is 5.85. The summed E-state index contributed by atoms with van der Waals surface area (Å²) in [5, 5.41) is 3.37. The Balaban J connectivity index is 0.000000442. The van der Waals surface area contributed by atoms with Gasteiger partial charge in [-0.3, -0.25) is 0 Å². The predicted octanol–water partition coefficient (Wildman–Crippen LogP) is 3.22. The number of nitrogens with one attached hydrogen (secondary N) is 1. The molecule has 2 nitrogen and oxygen atoms in total. The van der Waals surface area contributed by atoms with Crippen LogP contribution in [0.3, 0.4) is 0 Å². The van der Waals surface area contributed by atoms with Crippen molar-refractivity contribution in [2.24, 2.45) is 5.92 Å². The van der Waals surface area contributed by atoms with E-state index >= 15 is 0 Å². The summed E-state index contributed by atoms with van der Waals surface area (Å²) in [6, 6.07) is 0. The Morgan fingerprint density at radius 2 is 1.60 bits per heavy atom. The van der Waals surface area contributed by atoms with E-state index in [-0.39, 0.29) is 5.60 Å². The van der Waals surface area contributed by atoms with Gasteiger partial charge >= 0.3 is 0 Å². The summed E-state index contributed by atoms with van der Waals surface area (Å²) in [7, 11) is 0. The van der Waals surface area contributed by atoms with E-state index in [0.29, 0.717) is 0 Å². The molecular weight excluding hydrogens is 186 g/mol. The molecule has 2 heteroatoms. The largest absolute Gasteiger partial charge is 0.375 e. The summed E-state index contributed by atoms with van der Waals surface area (Å²) < 4.78 is 5.85. The first-order valence-corrected chi connectivity index (χ1v) is 6.65. The van der Waals surface area contributed by atoms with E-state index in [2.05, 4.69) is 12.2 Å². The van der Waals surface area contributed by atoms with E-state index < -0.39 is 0 Å². The van der Waals surface area contributed by atoms with Crippen LogP contribution < -0.4 is 5.32 Å². The molecule has 0 bridgehead atoms. The van der Waals surface area contributed by atoms with Crippen LogP contribution in [0.5, 0.6) is 0 Å². The molecule has 15 heavy (non-hydrogen) atoms. The van der Waals surface area contributed by atoms with E-state index in [1.165, 1.54) is 19.3 Å². The molecule has 0 aromatic carbocycles. The van der Waals surface area contributed by atoms with Crippen molar-refractivity contribution in [2.75, 3.05) is 19.7 Å². The van der Waals surface area contributed by atoms with Gasteiger partial charge in [0.25, 0.3) is 0 Å². The van der Waals surface area contributed by atoms with Crippen LogP contribution in [0.4, 0.5) is 0 Å². The lowest BCUT2D eigenvalue weighted by Crippen LogP contribution is -2.41. The highest BCUT2D eigenvalue weighted by Crippen LogP contribution is 2.36. The minimum atomic E-state index is 0.282. The second kappa shape index (κ2) is 8.12. The molecule has 0 aromatic rings. The van der Waals surface area contributed by atoms with Crippen LogP contribution in [-0.4, -0.2) is 25.3 Å². The number of ether oxygens (including phenoxy) is 1. The summed E-state index contributed by atoms with van der Waals surface area (Å²) in [6.07, 6.45) is 3.73. The summed E-state index contributed by atoms with van der Waals surface area (Å²) >= 11 is 0. The summed E-state index contributed by atoms with van der Waals surface area (Å²) in [6.45, 7) is 13.6. The molecule has 1 unspecified atom stereocenters. The van der Waals surface area contributed by atoms with Crippen LogP contribution in [0.2, 0.25) is 0 Å². The fourth-order valence-corrected chi connectivity index (χ4v) is 2.30. The van der Waals surface area contributed by atoms with Gasteiger partial charge in [0.2, 0.25) is 0 Å². The molecule has 2 fully saturated rings. The monoisotopic (exact) mass is 215 g/mol. The Kier molecular flexibility index (Phi) is 8.07. The third kappa shape index (κ3) is 4.52. The van der Waals surface area contributed by atoms with Gasteiger partial charge in [-0.25, -0.2) is 0 Å². The zero-order chi connectivity index (χ0) is 11.7. The molecule has 2 saturated heterocycles. The van der Waals surface area contributed by atoms with Crippen molar-refractivity contribution < 1.29 is 4.74 Å². The maximum absolute atomic E-state index is 5.85. The van der Waals surface area contributed by atoms with Crippen LogP contribution in [-0.2, 0) is 4.74 Å². The van der Waals surface area contributed by atoms with Gasteiger partial charge in [0.05, 0.1) is 5.60 Å². The topological polar surface area (TPSA) is 21.3 Å². The highest BCUT2D eigenvalue weighted by atomic mass is 16.5. The SMILES string of the molecule is CC.CC.CC1COC2(CCNCC2)C1. The average Bonchev–Trinajstić information content (AvgIpc) is 2.66. The second-order valence-electron chi connectivity index (χ2n) is 4.05. The van der Waals surface area contributed by atoms with Gasteiger partial charge in [0.1, 0.15) is 0 Å². The molecule has 1 atom stereocenters. The minimum absolute atomic E-state index is 0.282. The number of piperidine rings is 1. The Morgan fingerprint density at radius 3 is 2.00 bits per heavy atom. The lowest BCUT2D eigenvalue weighted by atomic mass is 9.87. The highest BCUT2D eigenvalue weighted by molar-refractivity contribution is 4.91. The van der Waals surface area contributed by atoms with E-state index in [1.54, 1.807) is 0 Å². The van der Waals surface area contributed by atoms with Crippen molar-refractivity contribution in [3.8, 4) is 0 Å². The van der Waals surface area contributed by atoms with E-state index in [1.807, 2.05) is 27.7 Å². The quantitative estimate of drug-likeness (QED) is 0.670. The van der Waals surface area contributed by atoms with Crippen molar-refractivity contribution in [1.82, 2.24) is 5.32 Å². The summed E-state index contributed by atoms with van der Waals surface area (Å²) in [5.41, 5.74) is 0.282. The van der Waals surface area contributed by atoms with Crippen LogP contribution in [0.1, 0.15) is 53.9 Å². The van der Waals surface area contributed by atoms with Gasteiger partial charge in [-0.1, -0.05) is 34.6 Å². The zero-order valence-corrected chi connectivity index (χ0v) is 11.2. The summed E-state index contributed by atoms with van der Waals surface area (Å²) in [5.74, 6) is 0.785. The van der Waals surface area contributed by atoms with Crippen molar-refractivity contribution in [3.63, 3.8) is 0 Å². The second-order valence-corrected chi connectivity index (χ2v) is 4.05. The van der Waals surface area contributed by atoms with Gasteiger partial charge in [0, 0.05) is 6.61 Å². The van der Waals surface area contributed by atoms with E-state index in [4.69, 9.17) is 4.74 Å². The molecular formula is C13H29NO. The third-order valence-electron chi connectivity index (χ3n) is 2.91. The molecule has 0 aliphatic carbocycles. The van der Waals surface area contributed by atoms with Crippen molar-refractivity contribution in [1.29, 1.82) is 0 Å². The number of hydrogen-bond acceptors (Lipinski definition) is 2. The number of rotatable bonds is 0. The standard InChI is InChI=1S/C9H17NO.2C2H6/c1-8-6-9(11-7-8)2-4-10-5-3-9;2*1-2/h8,10H,2-7H2,1H3;2*1-2H3. The highest BCUT2D eigenvalue weighted by Gasteiger charge is 2.39. The van der Waals surface area contributed by atoms with Gasteiger partial charge in [-0.15, -0.1) is 0 Å². The lowest BCUT2D eigenvalue weighted by Gasteiger charge is -2.32. The fourth-order valence-electron chi connectivity index (χ4n) is 2.30. The minimum Gasteiger partial charge on any atom is -0.375 e. The molecule has 0 saturated carbocycles. The molecule has 2 heterocycles. The van der Waals surface area contributed by atoms with Gasteiger partial charge < -0.3 is 10.1 Å². The smallest absolute Gasteiger partial charge is 0.0710 e. The maximum Gasteiger partial charge on any atom is 0.0710 e. The molecule has 92 valence electrons. The van der Waals surface area contributed by atoms with E-state index in [0.717, 1.165) is 25.6 Å². The van der Waals surface area contributed by atoms with Gasteiger partial charge in [-0.2, -0.15) is 0 Å². The molecule has 1 spiro atoms. The first kappa shape index (κ1) is 14.9. The molecule has 2 aliphatic rings. The fraction of sp³-hybridized carbons (Fsp3) is 1.00. The number of hydrogen-bond donors (Lipinski definition) is 1. The Morgan fingerprint density at radius 1 is 1.07 bits per heavy atom. The Labute approximate surface area is 95.8 Å². The molecule has 2 aliphatic heterocycles. The van der Waals surface area contributed by atoms with Crippen molar-refractivity contribution in [2.45, 2.75) is 59.5 Å². The van der Waals surface area contributed by atoms with Crippen LogP contribution >= 0.6 is 0 Å². The van der Waals surface area contributed by atoms with Gasteiger partial charge in [-0.05, 0) is 38.3 Å². The van der Waals surface area contributed by atoms with Crippen LogP contribution in [0.25, 0.3) is 0 Å². The molecule has 0 radical (unpaired) electrons. The van der Waals surface area contributed by atoms with Crippen molar-refractivity contribution in [3.05, 3.63) is 0 Å². The zero-order valence-electron chi connectivity index (χ0n) is 11.2. The van der Waals surface area contributed by atoms with E-state index in [9.17, 15) is 0 Å². The first-order valence-electron chi connectivity index (χ1n) is 6.65. The molecule has 0 aromatic heterocycles. The summed E-state index contributed by atoms with van der Waals surface area (Å²) in [4.78, 5) is 0. The van der Waals surface area contributed by atoms with Crippen LogP contribution in [0.15, 0.2) is 0 Å². The third-order valence-corrected chi connectivity index (χ3v) is 2.91. The normalized spacial score (nSPS) is 27.4. The molecule has 1 N–H and O–H groups in total. The molecule has 2 rings (SSSR count). The average molecular weight is 215 g/mol. The van der Waals surface area contributed by atoms with Crippen LogP contribution in [0, 0.1) is 5.92 Å². The predicted molar refractivity (Wildman–Crippen MR) is 67.3 cm³/mol. The lowest BCUT2D eigenvalue weighted by molar-refractivity contribution is -0.0195. The van der Waals surface area contributed by atoms with Crippen molar-refractivity contribution >= 4 is 0 Å². The Bertz CT molecular complexity index is 136. The first-order chi connectivity index (χ1) is 7.31. The Hall–Kier alpha value is -0.0800.